The highest BCUT2D eigenvalue weighted by molar-refractivity contribution is 7.99. The smallest absolute Gasteiger partial charge is 0.252 e. The summed E-state index contributed by atoms with van der Waals surface area (Å²) < 4.78 is 39.5. The normalized spacial score (nSPS) is 11.6. The first-order valence-corrected chi connectivity index (χ1v) is 12.1. The molecular formula is C20H24ClFN2O3S2. The van der Waals surface area contributed by atoms with Crippen LogP contribution >= 0.6 is 23.4 Å². The molecule has 0 unspecified atom stereocenters. The Bertz CT molecular complexity index is 933. The van der Waals surface area contributed by atoms with Crippen molar-refractivity contribution < 1.29 is 17.6 Å². The predicted octanol–water partition coefficient (Wildman–Crippen LogP) is 4.42. The van der Waals surface area contributed by atoms with E-state index in [0.717, 1.165) is 10.6 Å². The molecule has 0 radical (unpaired) electrons. The lowest BCUT2D eigenvalue weighted by atomic mass is 10.2. The maximum absolute atomic E-state index is 12.9. The van der Waals surface area contributed by atoms with Crippen LogP contribution in [0.3, 0.4) is 0 Å². The Kier molecular flexibility index (Phi) is 8.95. The lowest BCUT2D eigenvalue weighted by molar-refractivity contribution is 0.0953. The Labute approximate surface area is 180 Å². The standard InChI is InChI=1S/C20H24ClFN2O3S2/c1-3-24(4-2)29(26,27)17-10-11-19(21)18(14-17)20(25)23-12-5-13-28-16-8-6-15(22)7-9-16/h6-11,14H,3-5,12-13H2,1-2H3,(H,23,25). The number of carbonyl (C=O) groups is 1. The van der Waals surface area contributed by atoms with Crippen molar-refractivity contribution in [3.05, 3.63) is 58.9 Å². The molecule has 1 amide bonds. The highest BCUT2D eigenvalue weighted by atomic mass is 35.5. The van der Waals surface area contributed by atoms with Gasteiger partial charge in [-0.15, -0.1) is 11.8 Å². The molecule has 0 aliphatic heterocycles. The number of nitrogens with one attached hydrogen (secondary N) is 1. The van der Waals surface area contributed by atoms with Gasteiger partial charge in [-0.2, -0.15) is 4.31 Å². The molecule has 0 atom stereocenters. The SMILES string of the molecule is CCN(CC)S(=O)(=O)c1ccc(Cl)c(C(=O)NCCCSc2ccc(F)cc2)c1. The van der Waals surface area contributed by atoms with Crippen LogP contribution in [-0.4, -0.2) is 44.0 Å². The van der Waals surface area contributed by atoms with E-state index in [9.17, 15) is 17.6 Å². The van der Waals surface area contributed by atoms with Gasteiger partial charge in [-0.1, -0.05) is 25.4 Å². The van der Waals surface area contributed by atoms with Crippen molar-refractivity contribution >= 4 is 39.3 Å². The maximum Gasteiger partial charge on any atom is 0.252 e. The van der Waals surface area contributed by atoms with Crippen molar-refractivity contribution in [2.75, 3.05) is 25.4 Å². The molecule has 0 heterocycles. The van der Waals surface area contributed by atoms with Crippen LogP contribution in [0.25, 0.3) is 0 Å². The zero-order chi connectivity index (χ0) is 21.4. The van der Waals surface area contributed by atoms with Crippen molar-refractivity contribution in [3.63, 3.8) is 0 Å². The van der Waals surface area contributed by atoms with Crippen molar-refractivity contribution in [2.24, 2.45) is 0 Å². The van der Waals surface area contributed by atoms with Gasteiger partial charge >= 0.3 is 0 Å². The van der Waals surface area contributed by atoms with Crippen LogP contribution in [-0.2, 0) is 10.0 Å². The summed E-state index contributed by atoms with van der Waals surface area (Å²) in [4.78, 5) is 13.5. The van der Waals surface area contributed by atoms with Gasteiger partial charge < -0.3 is 5.32 Å². The summed E-state index contributed by atoms with van der Waals surface area (Å²) in [6, 6.07) is 10.4. The van der Waals surface area contributed by atoms with E-state index in [4.69, 9.17) is 11.6 Å². The van der Waals surface area contributed by atoms with Gasteiger partial charge in [0.15, 0.2) is 0 Å². The molecule has 0 saturated heterocycles. The topological polar surface area (TPSA) is 66.5 Å². The molecule has 158 valence electrons. The summed E-state index contributed by atoms with van der Waals surface area (Å²) in [6.45, 7) is 4.61. The minimum atomic E-state index is -3.67. The molecule has 0 aliphatic rings. The van der Waals surface area contributed by atoms with Crippen LogP contribution < -0.4 is 5.32 Å². The molecule has 1 N–H and O–H groups in total. The molecule has 0 spiro atoms. The summed E-state index contributed by atoms with van der Waals surface area (Å²) in [5, 5.41) is 2.96. The van der Waals surface area contributed by atoms with Gasteiger partial charge in [0.25, 0.3) is 5.91 Å². The molecule has 2 aromatic carbocycles. The second kappa shape index (κ2) is 11.0. The lowest BCUT2D eigenvalue weighted by Gasteiger charge is -2.19. The number of rotatable bonds is 10. The Balaban J connectivity index is 1.95. The van der Waals surface area contributed by atoms with Gasteiger partial charge in [-0.3, -0.25) is 4.79 Å². The molecule has 29 heavy (non-hydrogen) atoms. The van der Waals surface area contributed by atoms with E-state index in [2.05, 4.69) is 5.32 Å². The zero-order valence-corrected chi connectivity index (χ0v) is 18.7. The third-order valence-electron chi connectivity index (χ3n) is 4.21. The van der Waals surface area contributed by atoms with Crippen LogP contribution in [0.1, 0.15) is 30.6 Å². The van der Waals surface area contributed by atoms with Crippen molar-refractivity contribution in [3.8, 4) is 0 Å². The number of hydrogen-bond acceptors (Lipinski definition) is 4. The van der Waals surface area contributed by atoms with E-state index in [-0.39, 0.29) is 21.3 Å². The van der Waals surface area contributed by atoms with Crippen molar-refractivity contribution in [2.45, 2.75) is 30.1 Å². The summed E-state index contributed by atoms with van der Waals surface area (Å²) >= 11 is 7.68. The van der Waals surface area contributed by atoms with Gasteiger partial charge in [-0.05, 0) is 54.6 Å². The van der Waals surface area contributed by atoms with E-state index < -0.39 is 15.9 Å². The first kappa shape index (κ1) is 23.7. The number of benzene rings is 2. The fourth-order valence-electron chi connectivity index (χ4n) is 2.64. The number of carbonyl (C=O) groups excluding carboxylic acids is 1. The summed E-state index contributed by atoms with van der Waals surface area (Å²) in [5.74, 6) is 0.0536. The van der Waals surface area contributed by atoms with E-state index in [0.29, 0.717) is 26.1 Å². The summed E-state index contributed by atoms with van der Waals surface area (Å²) in [5.41, 5.74) is 0.131. The van der Waals surface area contributed by atoms with E-state index in [1.165, 1.54) is 34.6 Å². The minimum Gasteiger partial charge on any atom is -0.352 e. The second-order valence-electron chi connectivity index (χ2n) is 6.14. The highest BCUT2D eigenvalue weighted by Gasteiger charge is 2.23. The number of amides is 1. The summed E-state index contributed by atoms with van der Waals surface area (Å²) in [6.07, 6.45) is 0.697. The molecule has 0 aliphatic carbocycles. The van der Waals surface area contributed by atoms with E-state index in [1.54, 1.807) is 37.7 Å². The average Bonchev–Trinajstić information content (AvgIpc) is 2.70. The Morgan fingerprint density at radius 3 is 2.41 bits per heavy atom. The minimum absolute atomic E-state index is 0.0441. The number of thioether (sulfide) groups is 1. The highest BCUT2D eigenvalue weighted by Crippen LogP contribution is 2.23. The molecule has 2 rings (SSSR count). The van der Waals surface area contributed by atoms with Crippen LogP contribution in [0, 0.1) is 5.82 Å². The predicted molar refractivity (Wildman–Crippen MR) is 116 cm³/mol. The third kappa shape index (κ3) is 6.44. The fraction of sp³-hybridized carbons (Fsp3) is 0.350. The molecule has 0 fully saturated rings. The van der Waals surface area contributed by atoms with Gasteiger partial charge in [0.2, 0.25) is 10.0 Å². The third-order valence-corrected chi connectivity index (χ3v) is 7.69. The van der Waals surface area contributed by atoms with E-state index in [1.807, 2.05) is 0 Å². The molecule has 0 aromatic heterocycles. The van der Waals surface area contributed by atoms with Gasteiger partial charge in [0, 0.05) is 24.5 Å². The van der Waals surface area contributed by atoms with Crippen molar-refractivity contribution in [1.82, 2.24) is 9.62 Å². The Hall–Kier alpha value is -1.61. The number of sulfonamides is 1. The molecule has 9 heteroatoms. The van der Waals surface area contributed by atoms with Crippen molar-refractivity contribution in [1.29, 1.82) is 0 Å². The number of nitrogens with zero attached hydrogens (tertiary/aromatic N) is 1. The van der Waals surface area contributed by atoms with Crippen LogP contribution in [0.15, 0.2) is 52.3 Å². The molecule has 2 aromatic rings. The average molecular weight is 459 g/mol. The lowest BCUT2D eigenvalue weighted by Crippen LogP contribution is -2.31. The zero-order valence-electron chi connectivity index (χ0n) is 16.3. The molecule has 0 bridgehead atoms. The largest absolute Gasteiger partial charge is 0.352 e. The van der Waals surface area contributed by atoms with Crippen LogP contribution in [0.5, 0.6) is 0 Å². The van der Waals surface area contributed by atoms with Gasteiger partial charge in [0.1, 0.15) is 5.82 Å². The van der Waals surface area contributed by atoms with Gasteiger partial charge in [-0.25, -0.2) is 12.8 Å². The first-order valence-electron chi connectivity index (χ1n) is 9.25. The van der Waals surface area contributed by atoms with Gasteiger partial charge in [0.05, 0.1) is 15.5 Å². The molecule has 5 nitrogen and oxygen atoms in total. The van der Waals surface area contributed by atoms with E-state index >= 15 is 0 Å². The monoisotopic (exact) mass is 458 g/mol. The quantitative estimate of drug-likeness (QED) is 0.422. The maximum atomic E-state index is 12.9. The van der Waals surface area contributed by atoms with Crippen LogP contribution in [0.2, 0.25) is 5.02 Å². The summed E-state index contributed by atoms with van der Waals surface area (Å²) in [7, 11) is -3.67. The fourth-order valence-corrected chi connectivity index (χ4v) is 5.18. The number of hydrogen-bond donors (Lipinski definition) is 1. The Morgan fingerprint density at radius 1 is 1.14 bits per heavy atom. The number of halogens is 2. The second-order valence-corrected chi connectivity index (χ2v) is 9.66. The first-order chi connectivity index (χ1) is 13.8. The van der Waals surface area contributed by atoms with Crippen LogP contribution in [0.4, 0.5) is 4.39 Å². The Morgan fingerprint density at radius 2 is 1.79 bits per heavy atom. The molecule has 0 saturated carbocycles. The molecular weight excluding hydrogens is 435 g/mol.